The van der Waals surface area contributed by atoms with Gasteiger partial charge in [-0.1, -0.05) is 35.4 Å². The highest BCUT2D eigenvalue weighted by Crippen LogP contribution is 2.25. The van der Waals surface area contributed by atoms with Gasteiger partial charge in [0.15, 0.2) is 0 Å². The second kappa shape index (κ2) is 5.98. The standard InChI is InChI=1S/C16H17BrClN/c1-10-6-11(2)16(12(3)7-10)19-9-13-4-5-15(18)14(17)8-13/h4-8,19H,9H2,1-3H3. The van der Waals surface area contributed by atoms with Crippen LogP contribution in [0.15, 0.2) is 34.8 Å². The van der Waals surface area contributed by atoms with Gasteiger partial charge in [-0.05, 0) is 65.5 Å². The van der Waals surface area contributed by atoms with Gasteiger partial charge >= 0.3 is 0 Å². The predicted octanol–water partition coefficient (Wildman–Crippen LogP) is 5.64. The van der Waals surface area contributed by atoms with Gasteiger partial charge in [-0.3, -0.25) is 0 Å². The zero-order valence-electron chi connectivity index (χ0n) is 11.3. The van der Waals surface area contributed by atoms with Crippen molar-refractivity contribution in [3.05, 3.63) is 62.1 Å². The van der Waals surface area contributed by atoms with Crippen molar-refractivity contribution in [1.82, 2.24) is 0 Å². The molecule has 0 radical (unpaired) electrons. The SMILES string of the molecule is Cc1cc(C)c(NCc2ccc(Cl)c(Br)c2)c(C)c1. The van der Waals surface area contributed by atoms with E-state index in [9.17, 15) is 0 Å². The van der Waals surface area contributed by atoms with Crippen molar-refractivity contribution in [3.8, 4) is 0 Å². The van der Waals surface area contributed by atoms with E-state index >= 15 is 0 Å². The van der Waals surface area contributed by atoms with E-state index in [1.165, 1.54) is 27.9 Å². The van der Waals surface area contributed by atoms with Crippen LogP contribution in [0, 0.1) is 20.8 Å². The number of aryl methyl sites for hydroxylation is 3. The highest BCUT2D eigenvalue weighted by atomic mass is 79.9. The molecule has 2 aromatic carbocycles. The summed E-state index contributed by atoms with van der Waals surface area (Å²) in [6.45, 7) is 7.20. The molecule has 0 saturated carbocycles. The Bertz CT molecular complexity index is 585. The van der Waals surface area contributed by atoms with Gasteiger partial charge < -0.3 is 5.32 Å². The van der Waals surface area contributed by atoms with Crippen LogP contribution in [-0.2, 0) is 6.54 Å². The molecule has 0 bridgehead atoms. The third-order valence-electron chi connectivity index (χ3n) is 3.13. The maximum Gasteiger partial charge on any atom is 0.0548 e. The largest absolute Gasteiger partial charge is 0.381 e. The van der Waals surface area contributed by atoms with E-state index in [2.05, 4.69) is 54.2 Å². The van der Waals surface area contributed by atoms with Crippen molar-refractivity contribution >= 4 is 33.2 Å². The molecule has 0 spiro atoms. The highest BCUT2D eigenvalue weighted by molar-refractivity contribution is 9.10. The minimum atomic E-state index is 0.742. The second-order valence-electron chi connectivity index (χ2n) is 4.88. The van der Waals surface area contributed by atoms with Crippen molar-refractivity contribution in [3.63, 3.8) is 0 Å². The van der Waals surface area contributed by atoms with Crippen LogP contribution in [0.25, 0.3) is 0 Å². The Kier molecular flexibility index (Phi) is 4.54. The molecular formula is C16H17BrClN. The Morgan fingerprint density at radius 2 is 1.68 bits per heavy atom. The van der Waals surface area contributed by atoms with Gasteiger partial charge in [0, 0.05) is 16.7 Å². The first kappa shape index (κ1) is 14.4. The lowest BCUT2D eigenvalue weighted by molar-refractivity contribution is 1.12. The Morgan fingerprint density at radius 3 is 2.26 bits per heavy atom. The second-order valence-corrected chi connectivity index (χ2v) is 6.14. The summed E-state index contributed by atoms with van der Waals surface area (Å²) < 4.78 is 0.936. The predicted molar refractivity (Wildman–Crippen MR) is 87.1 cm³/mol. The summed E-state index contributed by atoms with van der Waals surface area (Å²) in [5, 5.41) is 4.25. The third kappa shape index (κ3) is 3.52. The number of benzene rings is 2. The van der Waals surface area contributed by atoms with Crippen LogP contribution in [0.2, 0.25) is 5.02 Å². The molecule has 19 heavy (non-hydrogen) atoms. The van der Waals surface area contributed by atoms with Gasteiger partial charge in [-0.25, -0.2) is 0 Å². The molecule has 1 N–H and O–H groups in total. The first-order valence-corrected chi connectivity index (χ1v) is 7.40. The van der Waals surface area contributed by atoms with Crippen molar-refractivity contribution < 1.29 is 0 Å². The molecule has 0 aromatic heterocycles. The van der Waals surface area contributed by atoms with Gasteiger partial charge in [0.25, 0.3) is 0 Å². The first-order chi connectivity index (χ1) is 8.97. The fraction of sp³-hybridized carbons (Fsp3) is 0.250. The molecule has 0 amide bonds. The summed E-state index contributed by atoms with van der Waals surface area (Å²) in [5.41, 5.74) is 6.29. The molecule has 0 fully saturated rings. The van der Waals surface area contributed by atoms with Crippen LogP contribution in [0.3, 0.4) is 0 Å². The van der Waals surface area contributed by atoms with Gasteiger partial charge in [0.2, 0.25) is 0 Å². The smallest absolute Gasteiger partial charge is 0.0548 e. The van der Waals surface area contributed by atoms with Crippen molar-refractivity contribution in [1.29, 1.82) is 0 Å². The van der Waals surface area contributed by atoms with E-state index < -0.39 is 0 Å². The van der Waals surface area contributed by atoms with Crippen LogP contribution in [0.4, 0.5) is 5.69 Å². The Labute approximate surface area is 128 Å². The topological polar surface area (TPSA) is 12.0 Å². The van der Waals surface area contributed by atoms with Crippen LogP contribution in [0.1, 0.15) is 22.3 Å². The van der Waals surface area contributed by atoms with E-state index in [1.807, 2.05) is 18.2 Å². The normalized spacial score (nSPS) is 10.6. The quantitative estimate of drug-likeness (QED) is 0.763. The summed E-state index contributed by atoms with van der Waals surface area (Å²) >= 11 is 9.45. The molecule has 2 rings (SSSR count). The van der Waals surface area contributed by atoms with Crippen molar-refractivity contribution in [2.75, 3.05) is 5.32 Å². The van der Waals surface area contributed by atoms with Gasteiger partial charge in [-0.15, -0.1) is 0 Å². The van der Waals surface area contributed by atoms with Gasteiger partial charge in [-0.2, -0.15) is 0 Å². The number of anilines is 1. The lowest BCUT2D eigenvalue weighted by Gasteiger charge is -2.14. The highest BCUT2D eigenvalue weighted by Gasteiger charge is 2.04. The Balaban J connectivity index is 2.16. The number of rotatable bonds is 3. The molecule has 100 valence electrons. The molecule has 3 heteroatoms. The average Bonchev–Trinajstić information content (AvgIpc) is 2.32. The van der Waals surface area contributed by atoms with E-state index in [-0.39, 0.29) is 0 Å². The third-order valence-corrected chi connectivity index (χ3v) is 4.34. The fourth-order valence-electron chi connectivity index (χ4n) is 2.30. The van der Waals surface area contributed by atoms with Crippen molar-refractivity contribution in [2.45, 2.75) is 27.3 Å². The summed E-state index contributed by atoms with van der Waals surface area (Å²) in [7, 11) is 0. The van der Waals surface area contributed by atoms with Gasteiger partial charge in [0.1, 0.15) is 0 Å². The number of nitrogens with one attached hydrogen (secondary N) is 1. The Morgan fingerprint density at radius 1 is 1.05 bits per heavy atom. The molecule has 0 saturated heterocycles. The Hall–Kier alpha value is -0.990. The molecule has 0 atom stereocenters. The molecule has 0 heterocycles. The lowest BCUT2D eigenvalue weighted by atomic mass is 10.0. The zero-order chi connectivity index (χ0) is 14.0. The van der Waals surface area contributed by atoms with Crippen LogP contribution < -0.4 is 5.32 Å². The molecule has 2 aromatic rings. The minimum Gasteiger partial charge on any atom is -0.381 e. The summed E-state index contributed by atoms with van der Waals surface area (Å²) in [6.07, 6.45) is 0. The van der Waals surface area contributed by atoms with Crippen LogP contribution in [0.5, 0.6) is 0 Å². The number of halogens is 2. The van der Waals surface area contributed by atoms with Crippen molar-refractivity contribution in [2.24, 2.45) is 0 Å². The van der Waals surface area contributed by atoms with E-state index in [0.29, 0.717) is 0 Å². The summed E-state index contributed by atoms with van der Waals surface area (Å²) in [6, 6.07) is 10.4. The lowest BCUT2D eigenvalue weighted by Crippen LogP contribution is -2.03. The average molecular weight is 339 g/mol. The minimum absolute atomic E-state index is 0.742. The summed E-state index contributed by atoms with van der Waals surface area (Å²) in [4.78, 5) is 0. The van der Waals surface area contributed by atoms with E-state index in [0.717, 1.165) is 16.0 Å². The molecule has 0 aliphatic rings. The zero-order valence-corrected chi connectivity index (χ0v) is 13.7. The summed E-state index contributed by atoms with van der Waals surface area (Å²) in [5.74, 6) is 0. The fourth-order valence-corrected chi connectivity index (χ4v) is 2.84. The maximum atomic E-state index is 6.00. The molecule has 0 aliphatic heterocycles. The van der Waals surface area contributed by atoms with Gasteiger partial charge in [0.05, 0.1) is 5.02 Å². The maximum absolute atomic E-state index is 6.00. The molecule has 0 aliphatic carbocycles. The van der Waals surface area contributed by atoms with E-state index in [1.54, 1.807) is 0 Å². The van der Waals surface area contributed by atoms with Crippen LogP contribution in [-0.4, -0.2) is 0 Å². The molecule has 1 nitrogen and oxygen atoms in total. The first-order valence-electron chi connectivity index (χ1n) is 6.23. The van der Waals surface area contributed by atoms with Crippen LogP contribution >= 0.6 is 27.5 Å². The molecular weight excluding hydrogens is 322 g/mol. The monoisotopic (exact) mass is 337 g/mol. The number of hydrogen-bond donors (Lipinski definition) is 1. The van der Waals surface area contributed by atoms with E-state index in [4.69, 9.17) is 11.6 Å². The number of hydrogen-bond acceptors (Lipinski definition) is 1. The molecule has 0 unspecified atom stereocenters.